The largest absolute Gasteiger partial charge is 0.470 e. The average Bonchev–Trinajstić information content (AvgIpc) is 2.59. The number of aromatic nitrogens is 3. The van der Waals surface area contributed by atoms with Gasteiger partial charge >= 0.3 is 0 Å². The van der Waals surface area contributed by atoms with Gasteiger partial charge in [-0.15, -0.1) is 0 Å². The molecule has 2 heterocycles. The fourth-order valence-electron chi connectivity index (χ4n) is 2.66. The second kappa shape index (κ2) is 7.42. The van der Waals surface area contributed by atoms with Crippen LogP contribution in [0.5, 0.6) is 5.88 Å². The van der Waals surface area contributed by atoms with E-state index in [0.717, 1.165) is 11.3 Å². The molecule has 0 fully saturated rings. The third-order valence-corrected chi connectivity index (χ3v) is 3.79. The van der Waals surface area contributed by atoms with Gasteiger partial charge in [-0.25, -0.2) is 9.97 Å². The first kappa shape index (κ1) is 19.5. The van der Waals surface area contributed by atoms with Gasteiger partial charge in [-0.2, -0.15) is 4.98 Å². The number of rotatable bonds is 4. The van der Waals surface area contributed by atoms with Gasteiger partial charge in [0.05, 0.1) is 11.2 Å². The minimum absolute atomic E-state index is 0.0861. The summed E-state index contributed by atoms with van der Waals surface area (Å²) in [5.74, 6) is 0.393. The number of amides is 1. The number of nitrogens with one attached hydrogen (secondary N) is 1. The van der Waals surface area contributed by atoms with Crippen LogP contribution < -0.4 is 15.8 Å². The molecule has 0 radical (unpaired) electrons. The standard InChI is InChI=1S/C21H25N5O2/c1-12(2)23-18(27)14-8-6-13(7-9-14)15-10-11-16-17(24-15)19(26-20(22)25-16)28-21(3,4)5/h6-12H,1-5H3,(H,23,27)(H2,22,25,26). The Balaban J connectivity index is 1.99. The summed E-state index contributed by atoms with van der Waals surface area (Å²) in [6.07, 6.45) is 0. The number of nitrogens with zero attached hydrogens (tertiary/aromatic N) is 3. The molecule has 3 N–H and O–H groups in total. The molecule has 0 bridgehead atoms. The zero-order valence-electron chi connectivity index (χ0n) is 16.8. The van der Waals surface area contributed by atoms with Crippen molar-refractivity contribution in [1.29, 1.82) is 0 Å². The van der Waals surface area contributed by atoms with Gasteiger partial charge in [0.1, 0.15) is 5.60 Å². The highest BCUT2D eigenvalue weighted by molar-refractivity contribution is 5.94. The molecular weight excluding hydrogens is 354 g/mol. The second-order valence-corrected chi connectivity index (χ2v) is 7.87. The Morgan fingerprint density at radius 3 is 2.32 bits per heavy atom. The molecule has 7 heteroatoms. The van der Waals surface area contributed by atoms with Crippen molar-refractivity contribution in [3.05, 3.63) is 42.0 Å². The molecule has 0 aliphatic carbocycles. The van der Waals surface area contributed by atoms with Gasteiger partial charge < -0.3 is 15.8 Å². The Bertz CT molecular complexity index is 1010. The fraction of sp³-hybridized carbons (Fsp3) is 0.333. The number of hydrogen-bond donors (Lipinski definition) is 2. The third-order valence-electron chi connectivity index (χ3n) is 3.79. The molecule has 146 valence electrons. The molecule has 0 aliphatic heterocycles. The quantitative estimate of drug-likeness (QED) is 0.718. The Morgan fingerprint density at radius 1 is 1.04 bits per heavy atom. The van der Waals surface area contributed by atoms with E-state index in [9.17, 15) is 4.79 Å². The lowest BCUT2D eigenvalue weighted by atomic mass is 10.1. The van der Waals surface area contributed by atoms with Crippen molar-refractivity contribution < 1.29 is 9.53 Å². The van der Waals surface area contributed by atoms with E-state index in [0.29, 0.717) is 22.5 Å². The lowest BCUT2D eigenvalue weighted by Gasteiger charge is -2.21. The molecule has 2 aromatic heterocycles. The molecule has 3 aromatic rings. The van der Waals surface area contributed by atoms with Crippen molar-refractivity contribution in [3.8, 4) is 17.1 Å². The third kappa shape index (κ3) is 4.54. The summed E-state index contributed by atoms with van der Waals surface area (Å²) in [7, 11) is 0. The van der Waals surface area contributed by atoms with Crippen LogP contribution in [0.2, 0.25) is 0 Å². The van der Waals surface area contributed by atoms with Crippen LogP contribution in [0, 0.1) is 0 Å². The van der Waals surface area contributed by atoms with E-state index in [1.165, 1.54) is 0 Å². The molecular formula is C21H25N5O2. The maximum atomic E-state index is 12.1. The van der Waals surface area contributed by atoms with Gasteiger partial charge in [0.2, 0.25) is 11.8 Å². The van der Waals surface area contributed by atoms with Gasteiger partial charge in [-0.05, 0) is 58.9 Å². The van der Waals surface area contributed by atoms with Gasteiger partial charge in [0.25, 0.3) is 5.91 Å². The smallest absolute Gasteiger partial charge is 0.251 e. The SMILES string of the molecule is CC(C)NC(=O)c1ccc(-c2ccc3nc(N)nc(OC(C)(C)C)c3n2)cc1. The zero-order chi connectivity index (χ0) is 20.5. The number of benzene rings is 1. The predicted molar refractivity (Wildman–Crippen MR) is 110 cm³/mol. The minimum Gasteiger partial charge on any atom is -0.470 e. The average molecular weight is 379 g/mol. The molecule has 0 saturated carbocycles. The number of anilines is 1. The lowest BCUT2D eigenvalue weighted by Crippen LogP contribution is -2.29. The molecule has 0 spiro atoms. The van der Waals surface area contributed by atoms with Gasteiger partial charge in [-0.1, -0.05) is 12.1 Å². The maximum absolute atomic E-state index is 12.1. The summed E-state index contributed by atoms with van der Waals surface area (Å²) in [4.78, 5) is 25.3. The number of hydrogen-bond acceptors (Lipinski definition) is 6. The number of nitrogens with two attached hydrogens (primary N) is 1. The topological polar surface area (TPSA) is 103 Å². The van der Waals surface area contributed by atoms with Crippen molar-refractivity contribution in [1.82, 2.24) is 20.3 Å². The van der Waals surface area contributed by atoms with Crippen LogP contribution >= 0.6 is 0 Å². The first-order valence-corrected chi connectivity index (χ1v) is 9.17. The van der Waals surface area contributed by atoms with Crippen LogP contribution in [0.1, 0.15) is 45.0 Å². The Hall–Kier alpha value is -3.22. The summed E-state index contributed by atoms with van der Waals surface area (Å²) < 4.78 is 5.93. The molecule has 0 saturated heterocycles. The fourth-order valence-corrected chi connectivity index (χ4v) is 2.66. The van der Waals surface area contributed by atoms with E-state index in [1.54, 1.807) is 12.1 Å². The highest BCUT2D eigenvalue weighted by Crippen LogP contribution is 2.28. The van der Waals surface area contributed by atoms with Crippen LogP contribution in [0.4, 0.5) is 5.95 Å². The molecule has 3 rings (SSSR count). The van der Waals surface area contributed by atoms with E-state index < -0.39 is 5.60 Å². The van der Waals surface area contributed by atoms with Crippen molar-refractivity contribution in [2.45, 2.75) is 46.3 Å². The van der Waals surface area contributed by atoms with Crippen molar-refractivity contribution >= 4 is 22.9 Å². The molecule has 0 atom stereocenters. The first-order chi connectivity index (χ1) is 13.1. The van der Waals surface area contributed by atoms with Crippen molar-refractivity contribution in [2.75, 3.05) is 5.73 Å². The number of fused-ring (bicyclic) bond motifs is 1. The summed E-state index contributed by atoms with van der Waals surface area (Å²) in [5, 5.41) is 2.88. The molecule has 28 heavy (non-hydrogen) atoms. The second-order valence-electron chi connectivity index (χ2n) is 7.87. The molecule has 7 nitrogen and oxygen atoms in total. The summed E-state index contributed by atoms with van der Waals surface area (Å²) in [6, 6.07) is 11.1. The van der Waals surface area contributed by atoms with Crippen molar-refractivity contribution in [2.24, 2.45) is 0 Å². The number of pyridine rings is 1. The van der Waals surface area contributed by atoms with E-state index in [-0.39, 0.29) is 17.9 Å². The summed E-state index contributed by atoms with van der Waals surface area (Å²) in [5.41, 5.74) is 8.73. The van der Waals surface area contributed by atoms with Gasteiger partial charge in [0.15, 0.2) is 5.52 Å². The monoisotopic (exact) mass is 379 g/mol. The summed E-state index contributed by atoms with van der Waals surface area (Å²) in [6.45, 7) is 9.65. The minimum atomic E-state index is -0.448. The van der Waals surface area contributed by atoms with E-state index in [2.05, 4.69) is 20.3 Å². The molecule has 1 amide bonds. The predicted octanol–water partition coefficient (Wildman–Crippen LogP) is 3.59. The summed E-state index contributed by atoms with van der Waals surface area (Å²) >= 11 is 0. The first-order valence-electron chi connectivity index (χ1n) is 9.17. The van der Waals surface area contributed by atoms with E-state index in [4.69, 9.17) is 10.5 Å². The Morgan fingerprint density at radius 2 is 1.71 bits per heavy atom. The number of carbonyl (C=O) groups is 1. The van der Waals surface area contributed by atoms with Gasteiger partial charge in [0, 0.05) is 17.2 Å². The van der Waals surface area contributed by atoms with Crippen LogP contribution in [-0.4, -0.2) is 32.5 Å². The molecule has 0 unspecified atom stereocenters. The van der Waals surface area contributed by atoms with Crippen LogP contribution in [0.25, 0.3) is 22.3 Å². The lowest BCUT2D eigenvalue weighted by molar-refractivity contribution is 0.0943. The number of ether oxygens (including phenoxy) is 1. The van der Waals surface area contributed by atoms with Gasteiger partial charge in [-0.3, -0.25) is 4.79 Å². The van der Waals surface area contributed by atoms with Crippen LogP contribution in [-0.2, 0) is 0 Å². The van der Waals surface area contributed by atoms with Crippen LogP contribution in [0.3, 0.4) is 0 Å². The highest BCUT2D eigenvalue weighted by atomic mass is 16.5. The molecule has 1 aromatic carbocycles. The maximum Gasteiger partial charge on any atom is 0.251 e. The Kier molecular flexibility index (Phi) is 5.18. The number of carbonyl (C=O) groups excluding carboxylic acids is 1. The van der Waals surface area contributed by atoms with Crippen LogP contribution in [0.15, 0.2) is 36.4 Å². The highest BCUT2D eigenvalue weighted by Gasteiger charge is 2.18. The number of nitrogen functional groups attached to an aromatic ring is 1. The Labute approximate surface area is 164 Å². The van der Waals surface area contributed by atoms with Crippen molar-refractivity contribution in [3.63, 3.8) is 0 Å². The normalized spacial score (nSPS) is 11.6. The van der Waals surface area contributed by atoms with E-state index in [1.807, 2.05) is 58.9 Å². The molecule has 0 aliphatic rings. The zero-order valence-corrected chi connectivity index (χ0v) is 16.8. The van der Waals surface area contributed by atoms with E-state index >= 15 is 0 Å².